The molecule has 3 N–H and O–H groups in total. The number of amides is 2. The molecule has 2 aromatic rings. The van der Waals surface area contributed by atoms with Crippen LogP contribution in [0.1, 0.15) is 10.4 Å². The summed E-state index contributed by atoms with van der Waals surface area (Å²) in [5.41, 5.74) is 0.480. The summed E-state index contributed by atoms with van der Waals surface area (Å²) in [5.74, 6) is -0.322. The van der Waals surface area contributed by atoms with E-state index in [1.54, 1.807) is 24.4 Å². The highest BCUT2D eigenvalue weighted by Gasteiger charge is 2.11. The van der Waals surface area contributed by atoms with E-state index in [9.17, 15) is 9.59 Å². The van der Waals surface area contributed by atoms with Gasteiger partial charge in [0.1, 0.15) is 0 Å². The van der Waals surface area contributed by atoms with Crippen LogP contribution < -0.4 is 10.6 Å². The highest BCUT2D eigenvalue weighted by atomic mass is 79.9. The zero-order valence-corrected chi connectivity index (χ0v) is 11.4. The van der Waals surface area contributed by atoms with Gasteiger partial charge in [-0.15, -0.1) is 0 Å². The molecule has 0 radical (unpaired) electrons. The van der Waals surface area contributed by atoms with Crippen LogP contribution in [0.15, 0.2) is 41.1 Å². The molecule has 6 nitrogen and oxygen atoms in total. The molecule has 2 rings (SSSR count). The summed E-state index contributed by atoms with van der Waals surface area (Å²) in [7, 11) is 0. The van der Waals surface area contributed by atoms with Crippen molar-refractivity contribution in [1.82, 2.24) is 15.3 Å². The molecule has 1 aromatic heterocycles. The molecule has 1 aromatic carbocycles. The number of aromatic amines is 1. The van der Waals surface area contributed by atoms with Gasteiger partial charge in [-0.2, -0.15) is 0 Å². The summed E-state index contributed by atoms with van der Waals surface area (Å²) in [5, 5.41) is 5.04. The lowest BCUT2D eigenvalue weighted by Crippen LogP contribution is -2.33. The average Bonchev–Trinajstić information content (AvgIpc) is 2.89. The quantitative estimate of drug-likeness (QED) is 0.798. The van der Waals surface area contributed by atoms with Crippen molar-refractivity contribution in [3.8, 4) is 0 Å². The minimum atomic E-state index is -0.352. The van der Waals surface area contributed by atoms with Gasteiger partial charge in [-0.1, -0.05) is 12.1 Å². The third kappa shape index (κ3) is 3.65. The maximum absolute atomic E-state index is 11.8. The first-order chi connectivity index (χ1) is 9.16. The summed E-state index contributed by atoms with van der Waals surface area (Å²) in [6.45, 7) is -0.124. The summed E-state index contributed by atoms with van der Waals surface area (Å²) in [6.07, 6.45) is 3.12. The van der Waals surface area contributed by atoms with E-state index in [2.05, 4.69) is 36.5 Å². The first-order valence-corrected chi connectivity index (χ1v) is 6.28. The predicted octanol–water partition coefficient (Wildman–Crippen LogP) is 1.54. The van der Waals surface area contributed by atoms with Crippen LogP contribution in [0.25, 0.3) is 0 Å². The molecule has 0 spiro atoms. The second kappa shape index (κ2) is 6.14. The molecule has 7 heteroatoms. The van der Waals surface area contributed by atoms with Gasteiger partial charge in [-0.3, -0.25) is 14.9 Å². The molecule has 19 heavy (non-hydrogen) atoms. The van der Waals surface area contributed by atoms with Crippen molar-refractivity contribution in [3.63, 3.8) is 0 Å². The van der Waals surface area contributed by atoms with Gasteiger partial charge >= 0.3 is 0 Å². The van der Waals surface area contributed by atoms with Gasteiger partial charge in [-0.05, 0) is 28.1 Å². The Labute approximate surface area is 117 Å². The summed E-state index contributed by atoms with van der Waals surface area (Å²) >= 11 is 3.28. The Morgan fingerprint density at radius 1 is 1.32 bits per heavy atom. The third-order valence-corrected chi connectivity index (χ3v) is 2.98. The van der Waals surface area contributed by atoms with Gasteiger partial charge in [0.05, 0.1) is 12.1 Å². The van der Waals surface area contributed by atoms with Crippen molar-refractivity contribution in [2.75, 3.05) is 11.9 Å². The number of hydrogen-bond donors (Lipinski definition) is 3. The molecule has 98 valence electrons. The molecular formula is C12H11BrN4O2. The number of H-pyrrole nitrogens is 1. The molecule has 0 atom stereocenters. The first kappa shape index (κ1) is 13.3. The van der Waals surface area contributed by atoms with Crippen molar-refractivity contribution in [3.05, 3.63) is 46.7 Å². The molecule has 0 bridgehead atoms. The van der Waals surface area contributed by atoms with E-state index in [0.29, 0.717) is 16.0 Å². The highest BCUT2D eigenvalue weighted by molar-refractivity contribution is 9.10. The van der Waals surface area contributed by atoms with E-state index in [-0.39, 0.29) is 18.4 Å². The van der Waals surface area contributed by atoms with E-state index < -0.39 is 0 Å². The number of carbonyl (C=O) groups is 2. The maximum Gasteiger partial charge on any atom is 0.252 e. The van der Waals surface area contributed by atoms with Crippen LogP contribution in [0.5, 0.6) is 0 Å². The fourth-order valence-electron chi connectivity index (χ4n) is 1.41. The van der Waals surface area contributed by atoms with Crippen LogP contribution in [0.4, 0.5) is 5.95 Å². The van der Waals surface area contributed by atoms with Crippen molar-refractivity contribution in [2.24, 2.45) is 0 Å². The van der Waals surface area contributed by atoms with Gasteiger partial charge in [0.2, 0.25) is 11.9 Å². The highest BCUT2D eigenvalue weighted by Crippen LogP contribution is 2.15. The number of nitrogens with one attached hydrogen (secondary N) is 3. The van der Waals surface area contributed by atoms with Crippen molar-refractivity contribution < 1.29 is 9.59 Å². The second-order valence-corrected chi connectivity index (χ2v) is 4.50. The Morgan fingerprint density at radius 2 is 2.11 bits per heavy atom. The first-order valence-electron chi connectivity index (χ1n) is 5.49. The lowest BCUT2D eigenvalue weighted by molar-refractivity contribution is -0.115. The molecule has 0 unspecified atom stereocenters. The second-order valence-electron chi connectivity index (χ2n) is 3.65. The van der Waals surface area contributed by atoms with Crippen LogP contribution in [-0.4, -0.2) is 28.3 Å². The molecule has 0 saturated heterocycles. The van der Waals surface area contributed by atoms with Gasteiger partial charge < -0.3 is 10.3 Å². The van der Waals surface area contributed by atoms with Crippen LogP contribution in [0, 0.1) is 0 Å². The van der Waals surface area contributed by atoms with E-state index in [1.807, 2.05) is 6.07 Å². The molecule has 0 aliphatic carbocycles. The molecule has 2 amide bonds. The zero-order chi connectivity index (χ0) is 13.7. The van der Waals surface area contributed by atoms with Crippen molar-refractivity contribution >= 4 is 33.7 Å². The van der Waals surface area contributed by atoms with Gasteiger partial charge in [0, 0.05) is 16.9 Å². The molecular weight excluding hydrogens is 312 g/mol. The minimum absolute atomic E-state index is 0.124. The molecule has 0 saturated carbocycles. The third-order valence-electron chi connectivity index (χ3n) is 2.28. The Bertz CT molecular complexity index is 583. The number of anilines is 1. The summed E-state index contributed by atoms with van der Waals surface area (Å²) in [6, 6.07) is 6.99. The van der Waals surface area contributed by atoms with Crippen LogP contribution in [0.3, 0.4) is 0 Å². The van der Waals surface area contributed by atoms with E-state index in [1.165, 1.54) is 6.20 Å². The normalized spacial score (nSPS) is 9.95. The molecule has 0 aliphatic rings. The summed E-state index contributed by atoms with van der Waals surface area (Å²) in [4.78, 5) is 29.9. The molecule has 0 aliphatic heterocycles. The number of halogens is 1. The largest absolute Gasteiger partial charge is 0.343 e. The fraction of sp³-hybridized carbons (Fsp3) is 0.0833. The number of benzene rings is 1. The van der Waals surface area contributed by atoms with E-state index in [4.69, 9.17) is 0 Å². The minimum Gasteiger partial charge on any atom is -0.343 e. The summed E-state index contributed by atoms with van der Waals surface area (Å²) < 4.78 is 0.680. The topological polar surface area (TPSA) is 86.9 Å². The number of hydrogen-bond acceptors (Lipinski definition) is 3. The Morgan fingerprint density at radius 3 is 2.79 bits per heavy atom. The predicted molar refractivity (Wildman–Crippen MR) is 73.7 cm³/mol. The number of imidazole rings is 1. The number of rotatable bonds is 4. The van der Waals surface area contributed by atoms with Gasteiger partial charge in [-0.25, -0.2) is 4.98 Å². The monoisotopic (exact) mass is 322 g/mol. The standard InChI is InChI=1S/C12H11BrN4O2/c13-9-4-2-1-3-8(9)11(19)16-7-10(18)17-12-14-5-6-15-12/h1-6H,7H2,(H,16,19)(H2,14,15,17,18). The van der Waals surface area contributed by atoms with Crippen molar-refractivity contribution in [2.45, 2.75) is 0 Å². The fourth-order valence-corrected chi connectivity index (χ4v) is 1.88. The van der Waals surface area contributed by atoms with E-state index in [0.717, 1.165) is 0 Å². The van der Waals surface area contributed by atoms with Crippen LogP contribution in [0.2, 0.25) is 0 Å². The number of carbonyl (C=O) groups excluding carboxylic acids is 2. The zero-order valence-electron chi connectivity index (χ0n) is 9.81. The van der Waals surface area contributed by atoms with Crippen LogP contribution in [-0.2, 0) is 4.79 Å². The van der Waals surface area contributed by atoms with E-state index >= 15 is 0 Å². The van der Waals surface area contributed by atoms with Crippen LogP contribution >= 0.6 is 15.9 Å². The van der Waals surface area contributed by atoms with Gasteiger partial charge in [0.15, 0.2) is 0 Å². The number of nitrogens with zero attached hydrogens (tertiary/aromatic N) is 1. The lowest BCUT2D eigenvalue weighted by atomic mass is 10.2. The van der Waals surface area contributed by atoms with Gasteiger partial charge in [0.25, 0.3) is 5.91 Å². The molecule has 0 fully saturated rings. The smallest absolute Gasteiger partial charge is 0.252 e. The molecule has 1 heterocycles. The average molecular weight is 323 g/mol. The SMILES string of the molecule is O=C(CNC(=O)c1ccccc1Br)Nc1ncc[nH]1. The lowest BCUT2D eigenvalue weighted by Gasteiger charge is -2.06. The maximum atomic E-state index is 11.8. The Hall–Kier alpha value is -2.15. The number of aromatic nitrogens is 2. The Kier molecular flexibility index (Phi) is 4.30. The Balaban J connectivity index is 1.87. The van der Waals surface area contributed by atoms with Crippen molar-refractivity contribution in [1.29, 1.82) is 0 Å².